The summed E-state index contributed by atoms with van der Waals surface area (Å²) in [6, 6.07) is 6.64. The number of aryl methyl sites for hydroxylation is 1. The number of urea groups is 1. The third kappa shape index (κ3) is 5.23. The second kappa shape index (κ2) is 8.68. The molecule has 2 rings (SSSR count). The van der Waals surface area contributed by atoms with Gasteiger partial charge in [0.25, 0.3) is 0 Å². The predicted molar refractivity (Wildman–Crippen MR) is 92.8 cm³/mol. The molecule has 1 saturated heterocycles. The van der Waals surface area contributed by atoms with Crippen molar-refractivity contribution in [2.24, 2.45) is 5.92 Å². The number of imide groups is 1. The average Bonchev–Trinajstić information content (AvgIpc) is 2.61. The van der Waals surface area contributed by atoms with Crippen LogP contribution >= 0.6 is 0 Å². The summed E-state index contributed by atoms with van der Waals surface area (Å²) >= 11 is 0. The molecule has 3 N–H and O–H groups in total. The van der Waals surface area contributed by atoms with Gasteiger partial charge in [-0.3, -0.25) is 15.0 Å². The Morgan fingerprint density at radius 3 is 2.46 bits per heavy atom. The normalized spacial score (nSPS) is 17.2. The number of phenolic OH excluding ortho intramolecular Hbond substituents is 1. The number of amides is 3. The van der Waals surface area contributed by atoms with Crippen molar-refractivity contribution in [3.05, 3.63) is 29.8 Å². The topological polar surface area (TPSA) is 81.7 Å². The number of hydrogen-bond acceptors (Lipinski definition) is 4. The number of likely N-dealkylation sites (tertiary alicyclic amines) is 1. The van der Waals surface area contributed by atoms with Gasteiger partial charge in [-0.15, -0.1) is 0 Å². The minimum absolute atomic E-state index is 0.253. The second-order valence-corrected chi connectivity index (χ2v) is 6.43. The maximum atomic E-state index is 12.0. The highest BCUT2D eigenvalue weighted by molar-refractivity contribution is 5.96. The predicted octanol–water partition coefficient (Wildman–Crippen LogP) is 1.88. The van der Waals surface area contributed by atoms with Crippen LogP contribution in [-0.4, -0.2) is 48.1 Å². The van der Waals surface area contributed by atoms with Crippen molar-refractivity contribution in [1.29, 1.82) is 0 Å². The molecule has 0 aromatic heterocycles. The quantitative estimate of drug-likeness (QED) is 0.768. The maximum Gasteiger partial charge on any atom is 0.321 e. The van der Waals surface area contributed by atoms with Crippen LogP contribution in [0.2, 0.25) is 0 Å². The zero-order chi connectivity index (χ0) is 17.5. The fraction of sp³-hybridized carbons (Fsp3) is 0.556. The Kier molecular flexibility index (Phi) is 6.61. The molecular weight excluding hydrogens is 306 g/mol. The number of carbonyl (C=O) groups is 2. The Morgan fingerprint density at radius 1 is 1.25 bits per heavy atom. The Hall–Kier alpha value is -2.08. The molecule has 1 atom stereocenters. The van der Waals surface area contributed by atoms with Crippen LogP contribution in [0.4, 0.5) is 4.79 Å². The summed E-state index contributed by atoms with van der Waals surface area (Å²) in [5.74, 6) is 0.706. The van der Waals surface area contributed by atoms with Gasteiger partial charge in [0.2, 0.25) is 5.91 Å². The first-order valence-corrected chi connectivity index (χ1v) is 8.54. The summed E-state index contributed by atoms with van der Waals surface area (Å²) < 4.78 is 0. The largest absolute Gasteiger partial charge is 0.508 e. The van der Waals surface area contributed by atoms with E-state index in [1.807, 2.05) is 19.1 Å². The minimum Gasteiger partial charge on any atom is -0.508 e. The molecule has 6 nitrogen and oxygen atoms in total. The van der Waals surface area contributed by atoms with Gasteiger partial charge in [-0.25, -0.2) is 4.79 Å². The number of phenols is 1. The van der Waals surface area contributed by atoms with Crippen LogP contribution in [0.25, 0.3) is 0 Å². The van der Waals surface area contributed by atoms with E-state index in [1.54, 1.807) is 12.1 Å². The van der Waals surface area contributed by atoms with Crippen molar-refractivity contribution >= 4 is 11.9 Å². The van der Waals surface area contributed by atoms with Crippen LogP contribution in [0.3, 0.4) is 0 Å². The molecule has 1 heterocycles. The van der Waals surface area contributed by atoms with Crippen LogP contribution in [0, 0.1) is 5.92 Å². The van der Waals surface area contributed by atoms with Gasteiger partial charge in [0.15, 0.2) is 0 Å². The minimum atomic E-state index is -0.462. The van der Waals surface area contributed by atoms with Crippen molar-refractivity contribution in [3.8, 4) is 5.75 Å². The highest BCUT2D eigenvalue weighted by atomic mass is 16.3. The highest BCUT2D eigenvalue weighted by Gasteiger charge is 2.27. The third-order valence-corrected chi connectivity index (χ3v) is 4.82. The van der Waals surface area contributed by atoms with Gasteiger partial charge in [0, 0.05) is 7.05 Å². The molecule has 1 aliphatic heterocycles. The van der Waals surface area contributed by atoms with Crippen LogP contribution in [0.15, 0.2) is 24.3 Å². The van der Waals surface area contributed by atoms with Crippen molar-refractivity contribution in [2.45, 2.75) is 38.6 Å². The number of nitrogens with zero attached hydrogens (tertiary/aromatic N) is 1. The SMILES string of the molecule is CNC(=O)NC(=O)[C@@H](C)N1CCC(CCc2ccc(O)cc2)CC1. The smallest absolute Gasteiger partial charge is 0.321 e. The lowest BCUT2D eigenvalue weighted by Crippen LogP contribution is -2.51. The molecule has 6 heteroatoms. The molecule has 24 heavy (non-hydrogen) atoms. The lowest BCUT2D eigenvalue weighted by molar-refractivity contribution is -0.125. The molecule has 1 aliphatic rings. The first-order chi connectivity index (χ1) is 11.5. The Balaban J connectivity index is 1.73. The Labute approximate surface area is 143 Å². The number of aromatic hydroxyl groups is 1. The summed E-state index contributed by atoms with van der Waals surface area (Å²) in [6.07, 6.45) is 4.26. The summed E-state index contributed by atoms with van der Waals surface area (Å²) in [5.41, 5.74) is 1.24. The van der Waals surface area contributed by atoms with Gasteiger partial charge in [-0.05, 0) is 69.3 Å². The van der Waals surface area contributed by atoms with E-state index in [-0.39, 0.29) is 11.9 Å². The Bertz CT molecular complexity index is 551. The first-order valence-electron chi connectivity index (χ1n) is 8.54. The van der Waals surface area contributed by atoms with Gasteiger partial charge < -0.3 is 10.4 Å². The highest BCUT2D eigenvalue weighted by Crippen LogP contribution is 2.24. The van der Waals surface area contributed by atoms with Gasteiger partial charge in [0.05, 0.1) is 6.04 Å². The fourth-order valence-corrected chi connectivity index (χ4v) is 3.11. The number of carbonyl (C=O) groups excluding carboxylic acids is 2. The van der Waals surface area contributed by atoms with E-state index in [0.717, 1.165) is 38.8 Å². The van der Waals surface area contributed by atoms with E-state index >= 15 is 0 Å². The van der Waals surface area contributed by atoms with Crippen molar-refractivity contribution in [2.75, 3.05) is 20.1 Å². The van der Waals surface area contributed by atoms with E-state index in [4.69, 9.17) is 0 Å². The van der Waals surface area contributed by atoms with Crippen LogP contribution in [0.5, 0.6) is 5.75 Å². The molecule has 1 aromatic rings. The number of piperidine rings is 1. The number of nitrogens with one attached hydrogen (secondary N) is 2. The molecule has 0 unspecified atom stereocenters. The zero-order valence-electron chi connectivity index (χ0n) is 14.4. The average molecular weight is 333 g/mol. The number of benzene rings is 1. The lowest BCUT2D eigenvalue weighted by Gasteiger charge is -2.35. The number of hydrogen-bond donors (Lipinski definition) is 3. The van der Waals surface area contributed by atoms with Crippen molar-refractivity contribution in [3.63, 3.8) is 0 Å². The zero-order valence-corrected chi connectivity index (χ0v) is 14.4. The molecule has 0 aliphatic carbocycles. The van der Waals surface area contributed by atoms with Crippen molar-refractivity contribution < 1.29 is 14.7 Å². The van der Waals surface area contributed by atoms with E-state index in [1.165, 1.54) is 12.6 Å². The molecule has 0 bridgehead atoms. The molecule has 0 saturated carbocycles. The molecular formula is C18H27N3O3. The van der Waals surface area contributed by atoms with E-state index in [2.05, 4.69) is 15.5 Å². The molecule has 3 amide bonds. The lowest BCUT2D eigenvalue weighted by atomic mass is 9.90. The van der Waals surface area contributed by atoms with Gasteiger partial charge in [-0.1, -0.05) is 12.1 Å². The van der Waals surface area contributed by atoms with E-state index in [0.29, 0.717) is 11.7 Å². The van der Waals surface area contributed by atoms with Crippen molar-refractivity contribution in [1.82, 2.24) is 15.5 Å². The molecule has 0 radical (unpaired) electrons. The summed E-state index contributed by atoms with van der Waals surface area (Å²) in [7, 11) is 1.49. The summed E-state index contributed by atoms with van der Waals surface area (Å²) in [5, 5.41) is 14.0. The van der Waals surface area contributed by atoms with Gasteiger partial charge in [-0.2, -0.15) is 0 Å². The van der Waals surface area contributed by atoms with Crippen LogP contribution in [0.1, 0.15) is 31.7 Å². The third-order valence-electron chi connectivity index (χ3n) is 4.82. The first kappa shape index (κ1) is 18.3. The monoisotopic (exact) mass is 333 g/mol. The standard InChI is InChI=1S/C18H27N3O3/c1-13(17(23)20-18(24)19-2)21-11-9-15(10-12-21)4-3-14-5-7-16(22)8-6-14/h5-8,13,15,22H,3-4,9-12H2,1-2H3,(H2,19,20,23,24)/t13-/m1/s1. The van der Waals surface area contributed by atoms with E-state index in [9.17, 15) is 14.7 Å². The summed E-state index contributed by atoms with van der Waals surface area (Å²) in [6.45, 7) is 3.60. The molecule has 1 fully saturated rings. The molecule has 0 spiro atoms. The fourth-order valence-electron chi connectivity index (χ4n) is 3.11. The molecule has 1 aromatic carbocycles. The van der Waals surface area contributed by atoms with Crippen LogP contribution in [-0.2, 0) is 11.2 Å². The Morgan fingerprint density at radius 2 is 1.88 bits per heavy atom. The summed E-state index contributed by atoms with van der Waals surface area (Å²) in [4.78, 5) is 25.4. The maximum absolute atomic E-state index is 12.0. The molecule has 132 valence electrons. The van der Waals surface area contributed by atoms with Crippen LogP contribution < -0.4 is 10.6 Å². The number of rotatable bonds is 5. The van der Waals surface area contributed by atoms with E-state index < -0.39 is 6.03 Å². The van der Waals surface area contributed by atoms with Gasteiger partial charge in [0.1, 0.15) is 5.75 Å². The van der Waals surface area contributed by atoms with Gasteiger partial charge >= 0.3 is 6.03 Å². The second-order valence-electron chi connectivity index (χ2n) is 6.43.